The maximum atomic E-state index is 11.2. The topological polar surface area (TPSA) is 69.9 Å². The van der Waals surface area contributed by atoms with Crippen molar-refractivity contribution in [3.8, 4) is 23.0 Å². The number of rotatable bonds is 4. The van der Waals surface area contributed by atoms with Crippen molar-refractivity contribution in [1.29, 1.82) is 0 Å². The molecule has 3 N–H and O–H groups in total. The molecule has 0 fully saturated rings. The summed E-state index contributed by atoms with van der Waals surface area (Å²) < 4.78 is 5.21. The Morgan fingerprint density at radius 3 is 1.53 bits per heavy atom. The van der Waals surface area contributed by atoms with E-state index >= 15 is 0 Å². The van der Waals surface area contributed by atoms with E-state index < -0.39 is 5.92 Å². The fourth-order valence-corrected chi connectivity index (χ4v) is 4.27. The first-order chi connectivity index (χ1) is 14.1. The fraction of sp³-hybridized carbons (Fsp3) is 0.308. The van der Waals surface area contributed by atoms with Crippen molar-refractivity contribution in [2.75, 3.05) is 7.11 Å². The van der Waals surface area contributed by atoms with Crippen LogP contribution in [0, 0.1) is 41.5 Å². The molecule has 3 rings (SSSR count). The number of ether oxygens (including phenoxy) is 1. The quantitative estimate of drug-likeness (QED) is 0.476. The molecular weight excluding hydrogens is 376 g/mol. The second kappa shape index (κ2) is 7.94. The second-order valence-corrected chi connectivity index (χ2v) is 8.16. The zero-order chi connectivity index (χ0) is 22.3. The van der Waals surface area contributed by atoms with Gasteiger partial charge < -0.3 is 20.1 Å². The molecule has 0 aliphatic carbocycles. The maximum Gasteiger partial charge on any atom is 0.160 e. The summed E-state index contributed by atoms with van der Waals surface area (Å²) in [6, 6.07) is 9.32. The largest absolute Gasteiger partial charge is 0.507 e. The summed E-state index contributed by atoms with van der Waals surface area (Å²) in [7, 11) is 1.50. The van der Waals surface area contributed by atoms with Crippen molar-refractivity contribution in [1.82, 2.24) is 0 Å². The molecule has 0 aromatic heterocycles. The van der Waals surface area contributed by atoms with Crippen LogP contribution >= 0.6 is 0 Å². The molecule has 0 saturated carbocycles. The van der Waals surface area contributed by atoms with E-state index in [1.54, 1.807) is 12.1 Å². The molecule has 0 heterocycles. The molecule has 0 aliphatic rings. The Morgan fingerprint density at radius 2 is 1.13 bits per heavy atom. The van der Waals surface area contributed by atoms with E-state index in [-0.39, 0.29) is 17.2 Å². The number of benzene rings is 3. The minimum atomic E-state index is -0.458. The zero-order valence-corrected chi connectivity index (χ0v) is 18.7. The third-order valence-electron chi connectivity index (χ3n) is 6.23. The summed E-state index contributed by atoms with van der Waals surface area (Å²) in [6.45, 7) is 11.7. The molecule has 0 amide bonds. The molecular formula is C26H30O4. The predicted molar refractivity (Wildman–Crippen MR) is 120 cm³/mol. The smallest absolute Gasteiger partial charge is 0.160 e. The average molecular weight is 407 g/mol. The number of phenolic OH excluding ortho intramolecular Hbond substituents is 3. The van der Waals surface area contributed by atoms with Gasteiger partial charge >= 0.3 is 0 Å². The summed E-state index contributed by atoms with van der Waals surface area (Å²) in [5, 5.41) is 32.8. The molecule has 3 aromatic rings. The SMILES string of the molecule is COc1ccc(C(c2c(C)cc(C)c(C)c2O)c2c(C)cc(C)c(C)c2O)cc1O. The third-order valence-corrected chi connectivity index (χ3v) is 6.23. The molecule has 158 valence electrons. The highest BCUT2D eigenvalue weighted by molar-refractivity contribution is 5.63. The number of methoxy groups -OCH3 is 1. The number of aromatic hydroxyl groups is 3. The number of aryl methyl sites for hydroxylation is 4. The highest BCUT2D eigenvalue weighted by Crippen LogP contribution is 2.47. The van der Waals surface area contributed by atoms with Crippen LogP contribution in [0.3, 0.4) is 0 Å². The van der Waals surface area contributed by atoms with E-state index in [1.807, 2.05) is 59.7 Å². The van der Waals surface area contributed by atoms with Crippen LogP contribution in [0.4, 0.5) is 0 Å². The molecule has 0 aliphatic heterocycles. The molecule has 0 atom stereocenters. The van der Waals surface area contributed by atoms with Crippen LogP contribution in [0.1, 0.15) is 56.0 Å². The van der Waals surface area contributed by atoms with E-state index in [0.29, 0.717) is 5.75 Å². The highest BCUT2D eigenvalue weighted by Gasteiger charge is 2.29. The van der Waals surface area contributed by atoms with E-state index in [4.69, 9.17) is 4.74 Å². The lowest BCUT2D eigenvalue weighted by Crippen LogP contribution is -2.10. The van der Waals surface area contributed by atoms with Gasteiger partial charge in [0.15, 0.2) is 11.5 Å². The number of hydrogen-bond donors (Lipinski definition) is 3. The molecule has 3 aromatic carbocycles. The summed E-state index contributed by atoms with van der Waals surface area (Å²) in [5.74, 6) is 0.358. The van der Waals surface area contributed by atoms with Gasteiger partial charge in [-0.25, -0.2) is 0 Å². The lowest BCUT2D eigenvalue weighted by Gasteiger charge is -2.27. The highest BCUT2D eigenvalue weighted by atomic mass is 16.5. The van der Waals surface area contributed by atoms with E-state index in [0.717, 1.165) is 50.1 Å². The Kier molecular flexibility index (Phi) is 5.71. The summed E-state index contributed by atoms with van der Waals surface area (Å²) >= 11 is 0. The van der Waals surface area contributed by atoms with E-state index in [2.05, 4.69) is 0 Å². The second-order valence-electron chi connectivity index (χ2n) is 8.16. The normalized spacial score (nSPS) is 11.2. The third kappa shape index (κ3) is 3.47. The van der Waals surface area contributed by atoms with Crippen LogP contribution in [-0.2, 0) is 0 Å². The molecule has 0 spiro atoms. The van der Waals surface area contributed by atoms with Gasteiger partial charge in [0.2, 0.25) is 0 Å². The lowest BCUT2D eigenvalue weighted by atomic mass is 9.78. The first kappa shape index (κ1) is 21.6. The van der Waals surface area contributed by atoms with Gasteiger partial charge in [-0.2, -0.15) is 0 Å². The van der Waals surface area contributed by atoms with Gasteiger partial charge in [-0.1, -0.05) is 18.2 Å². The van der Waals surface area contributed by atoms with Crippen LogP contribution in [-0.4, -0.2) is 22.4 Å². The summed E-state index contributed by atoms with van der Waals surface area (Å²) in [4.78, 5) is 0. The first-order valence-corrected chi connectivity index (χ1v) is 10.0. The predicted octanol–water partition coefficient (Wildman–Crippen LogP) is 5.84. The monoisotopic (exact) mass is 406 g/mol. The van der Waals surface area contributed by atoms with Gasteiger partial charge in [0.05, 0.1) is 7.11 Å². The lowest BCUT2D eigenvalue weighted by molar-refractivity contribution is 0.373. The minimum Gasteiger partial charge on any atom is -0.507 e. The van der Waals surface area contributed by atoms with Crippen LogP contribution < -0.4 is 4.74 Å². The Hall–Kier alpha value is -3.14. The summed E-state index contributed by atoms with van der Waals surface area (Å²) in [5.41, 5.74) is 7.68. The molecule has 0 radical (unpaired) electrons. The molecule has 0 bridgehead atoms. The van der Waals surface area contributed by atoms with E-state index in [1.165, 1.54) is 7.11 Å². The summed E-state index contributed by atoms with van der Waals surface area (Å²) in [6.07, 6.45) is 0. The van der Waals surface area contributed by atoms with Gasteiger partial charge in [0.1, 0.15) is 11.5 Å². The van der Waals surface area contributed by atoms with Gasteiger partial charge in [0.25, 0.3) is 0 Å². The van der Waals surface area contributed by atoms with Gasteiger partial charge in [-0.15, -0.1) is 0 Å². The van der Waals surface area contributed by atoms with Crippen LogP contribution in [0.5, 0.6) is 23.0 Å². The first-order valence-electron chi connectivity index (χ1n) is 10.0. The van der Waals surface area contributed by atoms with Crippen LogP contribution in [0.25, 0.3) is 0 Å². The van der Waals surface area contributed by atoms with Gasteiger partial charge in [-0.05, 0) is 92.6 Å². The van der Waals surface area contributed by atoms with Gasteiger partial charge in [-0.3, -0.25) is 0 Å². The van der Waals surface area contributed by atoms with Gasteiger partial charge in [0, 0.05) is 17.0 Å². The molecule has 0 saturated heterocycles. The minimum absolute atomic E-state index is 0.0157. The van der Waals surface area contributed by atoms with E-state index in [9.17, 15) is 15.3 Å². The Bertz CT molecular complexity index is 1070. The average Bonchev–Trinajstić information content (AvgIpc) is 2.69. The number of phenols is 3. The number of hydrogen-bond acceptors (Lipinski definition) is 4. The fourth-order valence-electron chi connectivity index (χ4n) is 4.27. The standard InChI is InChI=1S/C26H30O4/c1-13-10-15(3)22(25(28)17(13)5)24(19-8-9-21(30-7)20(27)12-19)23-16(4)11-14(2)18(6)26(23)29/h8-12,24,27-29H,1-7H3. The zero-order valence-electron chi connectivity index (χ0n) is 18.7. The van der Waals surface area contributed by atoms with Crippen molar-refractivity contribution >= 4 is 0 Å². The van der Waals surface area contributed by atoms with Crippen molar-refractivity contribution in [3.63, 3.8) is 0 Å². The Labute approximate surface area is 178 Å². The van der Waals surface area contributed by atoms with Crippen LogP contribution in [0.2, 0.25) is 0 Å². The van der Waals surface area contributed by atoms with Crippen molar-refractivity contribution in [2.24, 2.45) is 0 Å². The molecule has 0 unspecified atom stereocenters. The maximum absolute atomic E-state index is 11.2. The Morgan fingerprint density at radius 1 is 0.667 bits per heavy atom. The van der Waals surface area contributed by atoms with Crippen molar-refractivity contribution in [3.05, 3.63) is 80.4 Å². The van der Waals surface area contributed by atoms with Crippen molar-refractivity contribution in [2.45, 2.75) is 47.5 Å². The molecule has 4 nitrogen and oxygen atoms in total. The van der Waals surface area contributed by atoms with Crippen LogP contribution in [0.15, 0.2) is 30.3 Å². The molecule has 30 heavy (non-hydrogen) atoms. The molecule has 4 heteroatoms. The Balaban J connectivity index is 2.43. The van der Waals surface area contributed by atoms with Crippen molar-refractivity contribution < 1.29 is 20.1 Å².